The van der Waals surface area contributed by atoms with Crippen LogP contribution in [0.15, 0.2) is 48.5 Å². The summed E-state index contributed by atoms with van der Waals surface area (Å²) in [6, 6.07) is 11.7. The molecule has 0 bridgehead atoms. The van der Waals surface area contributed by atoms with Gasteiger partial charge in [0, 0.05) is 11.6 Å². The van der Waals surface area contributed by atoms with E-state index < -0.39 is 9.84 Å². The van der Waals surface area contributed by atoms with Gasteiger partial charge in [0.15, 0.2) is 15.7 Å². The maximum absolute atomic E-state index is 13.5. The fourth-order valence-electron chi connectivity index (χ4n) is 3.82. The van der Waals surface area contributed by atoms with Gasteiger partial charge in [-0.1, -0.05) is 6.92 Å². The van der Waals surface area contributed by atoms with Crippen LogP contribution in [-0.4, -0.2) is 51.8 Å². The second kappa shape index (κ2) is 8.60. The van der Waals surface area contributed by atoms with E-state index in [2.05, 4.69) is 5.10 Å². The predicted molar refractivity (Wildman–Crippen MR) is 117 cm³/mol. The number of sulfone groups is 1. The molecule has 1 unspecified atom stereocenters. The smallest absolute Gasteiger partial charge is 0.204 e. The summed E-state index contributed by atoms with van der Waals surface area (Å²) >= 11 is 5.69. The van der Waals surface area contributed by atoms with E-state index in [1.54, 1.807) is 33.5 Å². The lowest BCUT2D eigenvalue weighted by Gasteiger charge is -2.26. The van der Waals surface area contributed by atoms with Crippen LogP contribution in [0.25, 0.3) is 17.1 Å². The third-order valence-electron chi connectivity index (χ3n) is 5.47. The summed E-state index contributed by atoms with van der Waals surface area (Å²) < 4.78 is 54.5. The SMILES string of the molecule is CCN(Cn1nc(-c2ccc(F)cc2)n(-c2ccc(F)cc2)c1=S)C1CCS(=O)(=O)C1. The molecule has 0 aliphatic carbocycles. The highest BCUT2D eigenvalue weighted by Crippen LogP contribution is 2.24. The lowest BCUT2D eigenvalue weighted by Crippen LogP contribution is -2.37. The molecule has 1 saturated heterocycles. The Hall–Kier alpha value is -2.43. The summed E-state index contributed by atoms with van der Waals surface area (Å²) in [5.74, 6) is 0.0641. The zero-order valence-corrected chi connectivity index (χ0v) is 18.5. The van der Waals surface area contributed by atoms with E-state index in [9.17, 15) is 17.2 Å². The van der Waals surface area contributed by atoms with Crippen LogP contribution in [0.4, 0.5) is 8.78 Å². The van der Waals surface area contributed by atoms with E-state index in [1.807, 2.05) is 11.8 Å². The average molecular weight is 465 g/mol. The van der Waals surface area contributed by atoms with Crippen LogP contribution in [0.1, 0.15) is 13.3 Å². The van der Waals surface area contributed by atoms with E-state index in [0.717, 1.165) is 0 Å². The Morgan fingerprint density at radius 3 is 2.26 bits per heavy atom. The second-order valence-electron chi connectivity index (χ2n) is 7.53. The molecule has 1 aromatic heterocycles. The van der Waals surface area contributed by atoms with Gasteiger partial charge in [0.1, 0.15) is 11.6 Å². The number of aromatic nitrogens is 3. The molecule has 0 radical (unpaired) electrons. The Kier molecular flexibility index (Phi) is 6.05. The van der Waals surface area contributed by atoms with Crippen molar-refractivity contribution in [3.8, 4) is 17.1 Å². The maximum Gasteiger partial charge on any atom is 0.204 e. The maximum atomic E-state index is 13.5. The molecule has 2 aromatic carbocycles. The first-order chi connectivity index (χ1) is 14.8. The normalized spacial score (nSPS) is 18.0. The van der Waals surface area contributed by atoms with Crippen LogP contribution in [-0.2, 0) is 16.5 Å². The molecule has 0 spiro atoms. The highest BCUT2D eigenvalue weighted by Gasteiger charge is 2.32. The van der Waals surface area contributed by atoms with Gasteiger partial charge in [0.2, 0.25) is 4.77 Å². The average Bonchev–Trinajstić information content (AvgIpc) is 3.26. The summed E-state index contributed by atoms with van der Waals surface area (Å²) in [6.45, 7) is 2.92. The number of hydrogen-bond donors (Lipinski definition) is 0. The van der Waals surface area contributed by atoms with Gasteiger partial charge in [-0.3, -0.25) is 9.47 Å². The van der Waals surface area contributed by atoms with Crippen molar-refractivity contribution in [1.82, 2.24) is 19.2 Å². The van der Waals surface area contributed by atoms with Gasteiger partial charge in [-0.2, -0.15) is 0 Å². The summed E-state index contributed by atoms with van der Waals surface area (Å²) in [7, 11) is -3.02. The molecule has 164 valence electrons. The lowest BCUT2D eigenvalue weighted by molar-refractivity contribution is 0.164. The minimum Gasteiger partial charge on any atom is -0.281 e. The molecule has 10 heteroatoms. The minimum absolute atomic E-state index is 0.0952. The van der Waals surface area contributed by atoms with Crippen LogP contribution in [0, 0.1) is 16.4 Å². The number of benzene rings is 2. The fraction of sp³-hybridized carbons (Fsp3) is 0.333. The van der Waals surface area contributed by atoms with Crippen molar-refractivity contribution in [2.75, 3.05) is 18.1 Å². The first-order valence-electron chi connectivity index (χ1n) is 9.93. The number of rotatable bonds is 6. The Bertz CT molecular complexity index is 1240. The fourth-order valence-corrected chi connectivity index (χ4v) is 5.87. The quantitative estimate of drug-likeness (QED) is 0.519. The van der Waals surface area contributed by atoms with Gasteiger partial charge in [0.05, 0.1) is 23.9 Å². The Labute approximate surface area is 184 Å². The summed E-state index contributed by atoms with van der Waals surface area (Å²) in [4.78, 5) is 2.04. The summed E-state index contributed by atoms with van der Waals surface area (Å²) in [6.07, 6.45) is 0.576. The highest BCUT2D eigenvalue weighted by molar-refractivity contribution is 7.91. The van der Waals surface area contributed by atoms with E-state index in [-0.39, 0.29) is 29.2 Å². The number of halogens is 2. The van der Waals surface area contributed by atoms with E-state index in [1.165, 1.54) is 24.3 Å². The van der Waals surface area contributed by atoms with Crippen LogP contribution < -0.4 is 0 Å². The van der Waals surface area contributed by atoms with Crippen LogP contribution in [0.2, 0.25) is 0 Å². The highest BCUT2D eigenvalue weighted by atomic mass is 32.2. The third-order valence-corrected chi connectivity index (χ3v) is 7.62. The molecule has 4 rings (SSSR count). The molecular formula is C21H22F2N4O2S2. The predicted octanol–water partition coefficient (Wildman–Crippen LogP) is 3.81. The first kappa shape index (κ1) is 21.8. The summed E-state index contributed by atoms with van der Waals surface area (Å²) in [5.41, 5.74) is 1.28. The Balaban J connectivity index is 1.76. The van der Waals surface area contributed by atoms with Gasteiger partial charge in [0.25, 0.3) is 0 Å². The summed E-state index contributed by atoms with van der Waals surface area (Å²) in [5, 5.41) is 4.67. The van der Waals surface area contributed by atoms with E-state index >= 15 is 0 Å². The molecule has 1 aliphatic heterocycles. The van der Waals surface area contributed by atoms with Crippen molar-refractivity contribution in [2.45, 2.75) is 26.1 Å². The zero-order chi connectivity index (χ0) is 22.2. The topological polar surface area (TPSA) is 60.1 Å². The Morgan fingerprint density at radius 2 is 1.71 bits per heavy atom. The number of hydrogen-bond acceptors (Lipinski definition) is 5. The molecule has 0 N–H and O–H groups in total. The van der Waals surface area contributed by atoms with E-state index in [4.69, 9.17) is 12.2 Å². The molecule has 0 amide bonds. The minimum atomic E-state index is -3.02. The standard InChI is InChI=1S/C21H22F2N4O2S2/c1-2-25(19-11-12-31(28,29)13-19)14-26-21(30)27(18-9-7-17(23)8-10-18)20(24-26)15-3-5-16(22)6-4-15/h3-10,19H,2,11-14H2,1H3. The molecule has 1 atom stereocenters. The molecule has 3 aromatic rings. The molecule has 31 heavy (non-hydrogen) atoms. The zero-order valence-electron chi connectivity index (χ0n) is 16.9. The third kappa shape index (κ3) is 4.60. The van der Waals surface area contributed by atoms with Gasteiger partial charge in [-0.25, -0.2) is 21.9 Å². The van der Waals surface area contributed by atoms with Gasteiger partial charge >= 0.3 is 0 Å². The van der Waals surface area contributed by atoms with Crippen LogP contribution in [0.5, 0.6) is 0 Å². The molecule has 1 aliphatic rings. The van der Waals surface area contributed by atoms with Crippen molar-refractivity contribution >= 4 is 22.1 Å². The van der Waals surface area contributed by atoms with Crippen molar-refractivity contribution in [3.05, 3.63) is 64.9 Å². The second-order valence-corrected chi connectivity index (χ2v) is 10.1. The molecule has 1 fully saturated rings. The van der Waals surface area contributed by atoms with Gasteiger partial charge < -0.3 is 0 Å². The Morgan fingerprint density at radius 1 is 1.10 bits per heavy atom. The van der Waals surface area contributed by atoms with Gasteiger partial charge in [-0.05, 0) is 73.7 Å². The molecule has 2 heterocycles. The van der Waals surface area contributed by atoms with Gasteiger partial charge in [-0.15, -0.1) is 5.10 Å². The monoisotopic (exact) mass is 464 g/mol. The molecule has 0 saturated carbocycles. The van der Waals surface area contributed by atoms with Crippen LogP contribution >= 0.6 is 12.2 Å². The van der Waals surface area contributed by atoms with Crippen molar-refractivity contribution < 1.29 is 17.2 Å². The molecular weight excluding hydrogens is 442 g/mol. The number of nitrogens with zero attached hydrogens (tertiary/aromatic N) is 4. The van der Waals surface area contributed by atoms with Crippen molar-refractivity contribution in [2.24, 2.45) is 0 Å². The first-order valence-corrected chi connectivity index (χ1v) is 12.2. The molecule has 6 nitrogen and oxygen atoms in total. The largest absolute Gasteiger partial charge is 0.281 e. The van der Waals surface area contributed by atoms with Crippen molar-refractivity contribution in [3.63, 3.8) is 0 Å². The van der Waals surface area contributed by atoms with Crippen LogP contribution in [0.3, 0.4) is 0 Å². The lowest BCUT2D eigenvalue weighted by atomic mass is 10.2. The van der Waals surface area contributed by atoms with E-state index in [0.29, 0.717) is 41.5 Å². The van der Waals surface area contributed by atoms with Crippen molar-refractivity contribution in [1.29, 1.82) is 0 Å².